The third kappa shape index (κ3) is 3.94. The first kappa shape index (κ1) is 14.8. The van der Waals surface area contributed by atoms with Crippen LogP contribution in [0.4, 0.5) is 0 Å². The third-order valence-electron chi connectivity index (χ3n) is 3.58. The van der Waals surface area contributed by atoms with Gasteiger partial charge in [-0.1, -0.05) is 30.7 Å². The van der Waals surface area contributed by atoms with Gasteiger partial charge in [-0.25, -0.2) is 8.42 Å². The SMILES string of the molecule is CCCNC(c1ccc(Cl)cc1)C1CCS(=O)(=O)C1. The van der Waals surface area contributed by atoms with Crippen LogP contribution in [0, 0.1) is 5.92 Å². The van der Waals surface area contributed by atoms with Crippen LogP contribution < -0.4 is 5.32 Å². The fraction of sp³-hybridized carbons (Fsp3) is 0.571. The van der Waals surface area contributed by atoms with Gasteiger partial charge in [0.15, 0.2) is 9.84 Å². The molecule has 5 heteroatoms. The molecular formula is C14H20ClNO2S. The highest BCUT2D eigenvalue weighted by atomic mass is 35.5. The van der Waals surface area contributed by atoms with Crippen molar-refractivity contribution in [3.63, 3.8) is 0 Å². The Morgan fingerprint density at radius 3 is 2.58 bits per heavy atom. The molecule has 0 aromatic heterocycles. The average Bonchev–Trinajstić information content (AvgIpc) is 2.72. The minimum atomic E-state index is -2.85. The van der Waals surface area contributed by atoms with E-state index in [0.717, 1.165) is 24.9 Å². The molecule has 106 valence electrons. The molecule has 3 nitrogen and oxygen atoms in total. The molecule has 0 bridgehead atoms. The van der Waals surface area contributed by atoms with Gasteiger partial charge in [0, 0.05) is 11.1 Å². The van der Waals surface area contributed by atoms with E-state index in [9.17, 15) is 8.42 Å². The van der Waals surface area contributed by atoms with Crippen LogP contribution in [0.2, 0.25) is 5.02 Å². The summed E-state index contributed by atoms with van der Waals surface area (Å²) in [5, 5.41) is 4.18. The summed E-state index contributed by atoms with van der Waals surface area (Å²) in [5.74, 6) is 0.768. The fourth-order valence-corrected chi connectivity index (χ4v) is 4.58. The molecule has 2 atom stereocenters. The molecule has 0 saturated carbocycles. The molecule has 1 heterocycles. The van der Waals surface area contributed by atoms with Gasteiger partial charge in [-0.3, -0.25) is 0 Å². The Kier molecular flexibility index (Phi) is 4.87. The van der Waals surface area contributed by atoms with E-state index in [2.05, 4.69) is 12.2 Å². The zero-order valence-corrected chi connectivity index (χ0v) is 12.7. The zero-order valence-electron chi connectivity index (χ0n) is 11.1. The summed E-state index contributed by atoms with van der Waals surface area (Å²) >= 11 is 5.91. The quantitative estimate of drug-likeness (QED) is 0.909. The lowest BCUT2D eigenvalue weighted by molar-refractivity contribution is 0.393. The van der Waals surface area contributed by atoms with Crippen LogP contribution in [0.3, 0.4) is 0 Å². The molecule has 1 fully saturated rings. The van der Waals surface area contributed by atoms with E-state index in [1.807, 2.05) is 24.3 Å². The predicted octanol–water partition coefficient (Wildman–Crippen LogP) is 2.82. The highest BCUT2D eigenvalue weighted by Gasteiger charge is 2.34. The summed E-state index contributed by atoms with van der Waals surface area (Å²) in [6.07, 6.45) is 1.77. The Balaban J connectivity index is 2.18. The number of benzene rings is 1. The molecule has 1 N–H and O–H groups in total. The maximum absolute atomic E-state index is 11.7. The summed E-state index contributed by atoms with van der Waals surface area (Å²) in [5.41, 5.74) is 1.12. The molecular weight excluding hydrogens is 282 g/mol. The Labute approximate surface area is 120 Å². The summed E-state index contributed by atoms with van der Waals surface area (Å²) in [6, 6.07) is 7.80. The van der Waals surface area contributed by atoms with Crippen molar-refractivity contribution in [3.8, 4) is 0 Å². The van der Waals surface area contributed by atoms with Crippen molar-refractivity contribution < 1.29 is 8.42 Å². The van der Waals surface area contributed by atoms with E-state index >= 15 is 0 Å². The smallest absolute Gasteiger partial charge is 0.150 e. The van der Waals surface area contributed by atoms with Crippen molar-refractivity contribution in [1.29, 1.82) is 0 Å². The maximum atomic E-state index is 11.7. The van der Waals surface area contributed by atoms with Crippen LogP contribution in [-0.2, 0) is 9.84 Å². The third-order valence-corrected chi connectivity index (χ3v) is 5.63. The Hall–Kier alpha value is -0.580. The topological polar surface area (TPSA) is 46.2 Å². The predicted molar refractivity (Wildman–Crippen MR) is 79.2 cm³/mol. The van der Waals surface area contributed by atoms with Gasteiger partial charge in [-0.15, -0.1) is 0 Å². The van der Waals surface area contributed by atoms with E-state index in [-0.39, 0.29) is 17.7 Å². The highest BCUT2D eigenvalue weighted by molar-refractivity contribution is 7.91. The lowest BCUT2D eigenvalue weighted by atomic mass is 9.92. The van der Waals surface area contributed by atoms with Crippen LogP contribution in [0.25, 0.3) is 0 Å². The van der Waals surface area contributed by atoms with Crippen LogP contribution in [0.15, 0.2) is 24.3 Å². The molecule has 1 aliphatic rings. The summed E-state index contributed by atoms with van der Waals surface area (Å²) in [4.78, 5) is 0. The van der Waals surface area contributed by atoms with Gasteiger partial charge in [0.1, 0.15) is 0 Å². The van der Waals surface area contributed by atoms with E-state index in [1.165, 1.54) is 0 Å². The second-order valence-electron chi connectivity index (χ2n) is 5.15. The number of hydrogen-bond donors (Lipinski definition) is 1. The lowest BCUT2D eigenvalue weighted by Crippen LogP contribution is -2.29. The molecule has 19 heavy (non-hydrogen) atoms. The molecule has 1 aromatic rings. The molecule has 1 aliphatic heterocycles. The normalized spacial score (nSPS) is 23.4. The number of rotatable bonds is 5. The molecule has 2 rings (SSSR count). The standard InChI is InChI=1S/C14H20ClNO2S/c1-2-8-16-14(11-3-5-13(15)6-4-11)12-7-9-19(17,18)10-12/h3-6,12,14,16H,2,7-10H2,1H3. The van der Waals surface area contributed by atoms with E-state index in [4.69, 9.17) is 11.6 Å². The van der Waals surface area contributed by atoms with Gasteiger partial charge in [0.25, 0.3) is 0 Å². The van der Waals surface area contributed by atoms with Crippen molar-refractivity contribution in [2.75, 3.05) is 18.1 Å². The molecule has 0 spiro atoms. The largest absolute Gasteiger partial charge is 0.310 e. The summed E-state index contributed by atoms with van der Waals surface area (Å²) in [7, 11) is -2.85. The first-order valence-electron chi connectivity index (χ1n) is 6.71. The van der Waals surface area contributed by atoms with Crippen LogP contribution in [0.1, 0.15) is 31.4 Å². The van der Waals surface area contributed by atoms with Gasteiger partial charge in [-0.05, 0) is 43.0 Å². The van der Waals surface area contributed by atoms with Crippen LogP contribution in [-0.4, -0.2) is 26.5 Å². The molecule has 1 saturated heterocycles. The molecule has 1 aromatic carbocycles. The molecule has 0 amide bonds. The second-order valence-corrected chi connectivity index (χ2v) is 7.81. The number of nitrogens with one attached hydrogen (secondary N) is 1. The maximum Gasteiger partial charge on any atom is 0.150 e. The van der Waals surface area contributed by atoms with Crippen molar-refractivity contribution >= 4 is 21.4 Å². The van der Waals surface area contributed by atoms with Crippen molar-refractivity contribution in [3.05, 3.63) is 34.9 Å². The number of sulfone groups is 1. The number of hydrogen-bond acceptors (Lipinski definition) is 3. The van der Waals surface area contributed by atoms with Crippen LogP contribution >= 0.6 is 11.6 Å². The molecule has 0 radical (unpaired) electrons. The first-order chi connectivity index (χ1) is 9.02. The van der Waals surface area contributed by atoms with Gasteiger partial charge < -0.3 is 5.32 Å². The zero-order chi connectivity index (χ0) is 13.9. The van der Waals surface area contributed by atoms with Gasteiger partial charge in [-0.2, -0.15) is 0 Å². The number of halogens is 1. The summed E-state index contributed by atoms with van der Waals surface area (Å²) in [6.45, 7) is 3.00. The van der Waals surface area contributed by atoms with Crippen molar-refractivity contribution in [1.82, 2.24) is 5.32 Å². The summed E-state index contributed by atoms with van der Waals surface area (Å²) < 4.78 is 23.3. The average molecular weight is 302 g/mol. The monoisotopic (exact) mass is 301 g/mol. The van der Waals surface area contributed by atoms with E-state index in [1.54, 1.807) is 0 Å². The Morgan fingerprint density at radius 1 is 1.37 bits per heavy atom. The Morgan fingerprint density at radius 2 is 2.05 bits per heavy atom. The Bertz CT molecular complexity index is 513. The fourth-order valence-electron chi connectivity index (χ4n) is 2.61. The lowest BCUT2D eigenvalue weighted by Gasteiger charge is -2.24. The highest BCUT2D eigenvalue weighted by Crippen LogP contribution is 2.32. The van der Waals surface area contributed by atoms with Crippen molar-refractivity contribution in [2.45, 2.75) is 25.8 Å². The van der Waals surface area contributed by atoms with Gasteiger partial charge >= 0.3 is 0 Å². The molecule has 2 unspecified atom stereocenters. The van der Waals surface area contributed by atoms with Crippen molar-refractivity contribution in [2.24, 2.45) is 5.92 Å². The van der Waals surface area contributed by atoms with Gasteiger partial charge in [0.2, 0.25) is 0 Å². The van der Waals surface area contributed by atoms with E-state index < -0.39 is 9.84 Å². The minimum absolute atomic E-state index is 0.106. The minimum Gasteiger partial charge on any atom is -0.310 e. The molecule has 0 aliphatic carbocycles. The van der Waals surface area contributed by atoms with Crippen LogP contribution in [0.5, 0.6) is 0 Å². The van der Waals surface area contributed by atoms with Gasteiger partial charge in [0.05, 0.1) is 11.5 Å². The first-order valence-corrected chi connectivity index (χ1v) is 8.91. The van der Waals surface area contributed by atoms with E-state index in [0.29, 0.717) is 10.8 Å². The second kappa shape index (κ2) is 6.25.